The second kappa shape index (κ2) is 7.60. The number of nitrogens with zero attached hydrogens (tertiary/aromatic N) is 1. The molecule has 0 fully saturated rings. The molecule has 134 valence electrons. The number of aliphatic carboxylic acids is 1. The average molecular weight is 365 g/mol. The second-order valence-electron chi connectivity index (χ2n) is 5.37. The zero-order valence-corrected chi connectivity index (χ0v) is 15.2. The molecule has 1 amide bonds. The first-order valence-electron chi connectivity index (χ1n) is 7.37. The molecule has 0 radical (unpaired) electrons. The van der Waals surface area contributed by atoms with E-state index in [4.69, 9.17) is 14.6 Å². The van der Waals surface area contributed by atoms with Crippen molar-refractivity contribution in [3.05, 3.63) is 34.9 Å². The van der Waals surface area contributed by atoms with Crippen LogP contribution in [0.1, 0.15) is 16.8 Å². The Morgan fingerprint density at radius 3 is 2.40 bits per heavy atom. The van der Waals surface area contributed by atoms with Gasteiger partial charge in [0.2, 0.25) is 0 Å². The number of carbonyl (C=O) groups is 3. The summed E-state index contributed by atoms with van der Waals surface area (Å²) in [4.78, 5) is 37.9. The number of carboxylic acids is 1. The molecule has 0 aromatic heterocycles. The molecule has 1 heterocycles. The molecular formula is C17H19NO6S. The van der Waals surface area contributed by atoms with E-state index in [1.807, 2.05) is 0 Å². The summed E-state index contributed by atoms with van der Waals surface area (Å²) in [5.74, 6) is -1.14. The van der Waals surface area contributed by atoms with E-state index in [1.54, 1.807) is 25.4 Å². The number of ether oxygens (including phenoxy) is 2. The second-order valence-corrected chi connectivity index (χ2v) is 6.28. The molecule has 7 nitrogen and oxygen atoms in total. The lowest BCUT2D eigenvalue weighted by atomic mass is 9.98. The van der Waals surface area contributed by atoms with Crippen LogP contribution in [0.5, 0.6) is 11.5 Å². The third-order valence-electron chi connectivity index (χ3n) is 3.94. The molecule has 2 rings (SSSR count). The molecule has 1 atom stereocenters. The van der Waals surface area contributed by atoms with Crippen molar-refractivity contribution in [3.63, 3.8) is 0 Å². The highest BCUT2D eigenvalue weighted by Crippen LogP contribution is 2.36. The lowest BCUT2D eigenvalue weighted by Crippen LogP contribution is -2.30. The van der Waals surface area contributed by atoms with E-state index in [9.17, 15) is 14.4 Å². The minimum atomic E-state index is -1.16. The minimum Gasteiger partial charge on any atom is -0.493 e. The number of carbonyl (C=O) groups excluding carboxylic acids is 2. The number of methoxy groups -OCH3 is 2. The molecule has 0 unspecified atom stereocenters. The number of benzene rings is 1. The standard InChI is InChI=1S/C17H19NO6S/c1-18-16(22)10(8-13(19)20)14(17(18)25-4)15(21)9-5-6-11(23-2)12(7-9)24-3/h5-7,17H,8H2,1-4H3,(H,19,20)/t17-/m0/s1. The number of ketones is 1. The summed E-state index contributed by atoms with van der Waals surface area (Å²) >= 11 is 1.30. The Morgan fingerprint density at radius 2 is 1.88 bits per heavy atom. The van der Waals surface area contributed by atoms with Gasteiger partial charge in [-0.2, -0.15) is 0 Å². The van der Waals surface area contributed by atoms with E-state index in [2.05, 4.69) is 0 Å². The Balaban J connectivity index is 2.54. The highest BCUT2D eigenvalue weighted by atomic mass is 32.2. The van der Waals surface area contributed by atoms with Crippen LogP contribution in [0.25, 0.3) is 0 Å². The lowest BCUT2D eigenvalue weighted by Gasteiger charge is -2.20. The summed E-state index contributed by atoms with van der Waals surface area (Å²) in [6.45, 7) is 0. The third-order valence-corrected chi connectivity index (χ3v) is 4.94. The zero-order valence-electron chi connectivity index (χ0n) is 14.4. The van der Waals surface area contributed by atoms with E-state index >= 15 is 0 Å². The summed E-state index contributed by atoms with van der Waals surface area (Å²) in [7, 11) is 4.50. The van der Waals surface area contributed by atoms with E-state index in [-0.39, 0.29) is 11.1 Å². The Kier molecular flexibility index (Phi) is 5.73. The molecule has 0 saturated carbocycles. The first-order chi connectivity index (χ1) is 11.8. The molecule has 1 aliphatic heterocycles. The summed E-state index contributed by atoms with van der Waals surface area (Å²) in [6, 6.07) is 4.68. The van der Waals surface area contributed by atoms with Gasteiger partial charge >= 0.3 is 5.97 Å². The molecule has 25 heavy (non-hydrogen) atoms. The zero-order chi connectivity index (χ0) is 18.7. The maximum Gasteiger partial charge on any atom is 0.308 e. The summed E-state index contributed by atoms with van der Waals surface area (Å²) in [5.41, 5.74) is 0.529. The molecule has 1 aromatic carbocycles. The van der Waals surface area contributed by atoms with Crippen molar-refractivity contribution in [2.75, 3.05) is 27.5 Å². The van der Waals surface area contributed by atoms with Crippen LogP contribution in [-0.2, 0) is 9.59 Å². The minimum absolute atomic E-state index is 0.0223. The van der Waals surface area contributed by atoms with Crippen molar-refractivity contribution in [3.8, 4) is 11.5 Å². The normalized spacial score (nSPS) is 17.0. The maximum absolute atomic E-state index is 13.0. The van der Waals surface area contributed by atoms with Gasteiger partial charge in [0.1, 0.15) is 5.37 Å². The SMILES string of the molecule is COc1ccc(C(=O)C2=C(CC(=O)O)C(=O)N(C)[C@H]2SC)cc1OC. The highest BCUT2D eigenvalue weighted by molar-refractivity contribution is 7.99. The fourth-order valence-electron chi connectivity index (χ4n) is 2.76. The smallest absolute Gasteiger partial charge is 0.308 e. The van der Waals surface area contributed by atoms with E-state index in [1.165, 1.54) is 36.9 Å². The summed E-state index contributed by atoms with van der Waals surface area (Å²) in [6.07, 6.45) is 1.27. The molecule has 1 N–H and O–H groups in total. The Labute approximate surface area is 149 Å². The maximum atomic E-state index is 13.0. The molecule has 8 heteroatoms. The number of Topliss-reactive ketones (excluding diaryl/α,β-unsaturated/α-hetero) is 1. The van der Waals surface area contributed by atoms with Crippen molar-refractivity contribution in [1.29, 1.82) is 0 Å². The van der Waals surface area contributed by atoms with E-state index in [0.717, 1.165) is 0 Å². The van der Waals surface area contributed by atoms with Crippen LogP contribution in [0, 0.1) is 0 Å². The fraction of sp³-hybridized carbons (Fsp3) is 0.353. The monoisotopic (exact) mass is 365 g/mol. The van der Waals surface area contributed by atoms with Crippen LogP contribution in [0.4, 0.5) is 0 Å². The lowest BCUT2D eigenvalue weighted by molar-refractivity contribution is -0.137. The first-order valence-corrected chi connectivity index (χ1v) is 8.66. The highest BCUT2D eigenvalue weighted by Gasteiger charge is 2.40. The number of rotatable bonds is 7. The molecule has 0 saturated heterocycles. The van der Waals surface area contributed by atoms with Gasteiger partial charge in [0, 0.05) is 23.8 Å². The molecule has 0 aliphatic carbocycles. The van der Waals surface area contributed by atoms with Gasteiger partial charge in [0.25, 0.3) is 5.91 Å². The van der Waals surface area contributed by atoms with Crippen LogP contribution in [0.2, 0.25) is 0 Å². The van der Waals surface area contributed by atoms with Gasteiger partial charge in [-0.3, -0.25) is 14.4 Å². The first kappa shape index (κ1) is 18.9. The summed E-state index contributed by atoms with van der Waals surface area (Å²) in [5, 5.41) is 8.57. The Hall–Kier alpha value is -2.48. The van der Waals surface area contributed by atoms with Crippen molar-refractivity contribution >= 4 is 29.4 Å². The number of likely N-dealkylation sites (N-methyl/N-ethyl adjacent to an activating group) is 1. The van der Waals surface area contributed by atoms with Crippen molar-refractivity contribution in [2.45, 2.75) is 11.8 Å². The van der Waals surface area contributed by atoms with Crippen LogP contribution >= 0.6 is 11.8 Å². The fourth-order valence-corrected chi connectivity index (χ4v) is 3.65. The quantitative estimate of drug-likeness (QED) is 0.737. The average Bonchev–Trinajstić information content (AvgIpc) is 2.84. The number of thioether (sulfide) groups is 1. The van der Waals surface area contributed by atoms with Gasteiger partial charge in [-0.1, -0.05) is 0 Å². The number of hydrogen-bond acceptors (Lipinski definition) is 6. The summed E-state index contributed by atoms with van der Waals surface area (Å²) < 4.78 is 10.4. The number of hydrogen-bond donors (Lipinski definition) is 1. The van der Waals surface area contributed by atoms with Gasteiger partial charge in [-0.05, 0) is 24.5 Å². The van der Waals surface area contributed by atoms with E-state index < -0.39 is 29.5 Å². The van der Waals surface area contributed by atoms with Crippen LogP contribution in [0.15, 0.2) is 29.3 Å². The third kappa shape index (κ3) is 3.48. The Morgan fingerprint density at radius 1 is 1.24 bits per heavy atom. The predicted molar refractivity (Wildman–Crippen MR) is 93.2 cm³/mol. The van der Waals surface area contributed by atoms with Gasteiger partial charge in [-0.25, -0.2) is 0 Å². The van der Waals surface area contributed by atoms with Gasteiger partial charge in [-0.15, -0.1) is 11.8 Å². The number of amides is 1. The largest absolute Gasteiger partial charge is 0.493 e. The van der Waals surface area contributed by atoms with Crippen LogP contribution in [0.3, 0.4) is 0 Å². The topological polar surface area (TPSA) is 93.1 Å². The van der Waals surface area contributed by atoms with E-state index in [0.29, 0.717) is 17.1 Å². The molecular weight excluding hydrogens is 346 g/mol. The van der Waals surface area contributed by atoms with Gasteiger partial charge < -0.3 is 19.5 Å². The van der Waals surface area contributed by atoms with Crippen LogP contribution < -0.4 is 9.47 Å². The van der Waals surface area contributed by atoms with Crippen molar-refractivity contribution < 1.29 is 29.0 Å². The van der Waals surface area contributed by atoms with Gasteiger partial charge in [0.15, 0.2) is 17.3 Å². The van der Waals surface area contributed by atoms with Crippen molar-refractivity contribution in [2.24, 2.45) is 0 Å². The molecule has 0 bridgehead atoms. The number of carboxylic acid groups (broad SMARTS) is 1. The van der Waals surface area contributed by atoms with Crippen LogP contribution in [-0.4, -0.2) is 60.6 Å². The van der Waals surface area contributed by atoms with Gasteiger partial charge in [0.05, 0.1) is 20.6 Å². The molecule has 0 spiro atoms. The predicted octanol–water partition coefficient (Wildman–Crippen LogP) is 1.82. The Bertz CT molecular complexity index is 758. The van der Waals surface area contributed by atoms with Crippen molar-refractivity contribution in [1.82, 2.24) is 4.90 Å². The molecule has 1 aromatic rings. The molecule has 1 aliphatic rings.